The summed E-state index contributed by atoms with van der Waals surface area (Å²) in [6.45, 7) is 0. The van der Waals surface area contributed by atoms with E-state index in [1.165, 1.54) is 0 Å². The van der Waals surface area contributed by atoms with Crippen LogP contribution in [0.1, 0.15) is 0 Å². The fraction of sp³-hybridized carbons (Fsp3) is 0. The van der Waals surface area contributed by atoms with Gasteiger partial charge in [0.05, 0.1) is 0 Å². The highest BCUT2D eigenvalue weighted by Crippen LogP contribution is 2.06. The molecule has 0 atom stereocenters. The molecule has 0 aromatic heterocycles. The molecule has 0 aliphatic heterocycles. The van der Waals surface area contributed by atoms with E-state index >= 15 is 0 Å². The van der Waals surface area contributed by atoms with Gasteiger partial charge in [-0.1, -0.05) is 4.83 Å². The van der Waals surface area contributed by atoms with Crippen LogP contribution in [0.25, 0.3) is 0 Å². The van der Waals surface area contributed by atoms with Gasteiger partial charge in [-0.15, -0.1) is 0 Å². The molecule has 0 N–H and O–H groups in total. The van der Waals surface area contributed by atoms with Crippen LogP contribution in [0.3, 0.4) is 0 Å². The quantitative estimate of drug-likeness (QED) is 0.284. The number of nitro groups is 1. The molecule has 0 saturated carbocycles. The topological polar surface area (TPSA) is 43.1 Å². The van der Waals surface area contributed by atoms with E-state index < -0.39 is 11.9 Å². The Balaban J connectivity index is 3.79. The molecule has 0 bridgehead atoms. The van der Waals surface area contributed by atoms with Crippen LogP contribution in [0.5, 0.6) is 0 Å². The Morgan fingerprint density at radius 2 is 1.57 bits per heavy atom. The van der Waals surface area contributed by atoms with Gasteiger partial charge in [0.1, 0.15) is 0 Å². The summed E-state index contributed by atoms with van der Waals surface area (Å²) in [6, 6.07) is 0. The van der Waals surface area contributed by atoms with Gasteiger partial charge >= 0.3 is 7.11 Å². The van der Waals surface area contributed by atoms with E-state index in [1.807, 2.05) is 0 Å². The molecule has 0 aromatic rings. The number of rotatable bonds is 1. The molecule has 0 rings (SSSR count). The zero-order chi connectivity index (χ0) is 6.08. The fourth-order valence-corrected chi connectivity index (χ4v) is 0. The van der Waals surface area contributed by atoms with Crippen LogP contribution in [0, 0.1) is 10.1 Å². The lowest BCUT2D eigenvalue weighted by Gasteiger charge is -1.99. The van der Waals surface area contributed by atoms with E-state index in [-0.39, 0.29) is 0 Å². The van der Waals surface area contributed by atoms with E-state index in [2.05, 4.69) is 0 Å². The van der Waals surface area contributed by atoms with Crippen LogP contribution in [0.4, 0.5) is 12.9 Å². The molecule has 0 fully saturated rings. The van der Waals surface area contributed by atoms with Crippen molar-refractivity contribution in [3.05, 3.63) is 10.1 Å². The highest BCUT2D eigenvalue weighted by atomic mass is 19.4. The first-order valence-electron chi connectivity index (χ1n) is 1.28. The Bertz CT molecular complexity index is 85.4. The minimum atomic E-state index is -5.83. The lowest BCUT2D eigenvalue weighted by atomic mass is 10.2. The average molecular weight is 114 g/mol. The summed E-state index contributed by atoms with van der Waals surface area (Å²) in [5.74, 6) is 0. The van der Waals surface area contributed by atoms with Crippen molar-refractivity contribution in [1.82, 2.24) is 0 Å². The van der Waals surface area contributed by atoms with Crippen LogP contribution in [0.2, 0.25) is 0 Å². The molecule has 0 spiro atoms. The molecule has 0 heterocycles. The van der Waals surface area contributed by atoms with Crippen LogP contribution >= 0.6 is 0 Å². The van der Waals surface area contributed by atoms with Gasteiger partial charge in [0.15, 0.2) is 0 Å². The molecule has 42 valence electrons. The SMILES string of the molecule is O=[N+]([O-])[B-](F)(F)F. The molecule has 7 heteroatoms. The van der Waals surface area contributed by atoms with Crippen molar-refractivity contribution in [2.45, 2.75) is 0 Å². The standard InChI is InChI=1S/BF3NO2/c2-1(3,4)5(6)7/q-1. The predicted octanol–water partition coefficient (Wildman–Crippen LogP) is 0.607. The van der Waals surface area contributed by atoms with Gasteiger partial charge in [-0.25, -0.2) is 0 Å². The van der Waals surface area contributed by atoms with Crippen molar-refractivity contribution in [2.24, 2.45) is 0 Å². The van der Waals surface area contributed by atoms with E-state index in [4.69, 9.17) is 10.1 Å². The molecule has 7 heavy (non-hydrogen) atoms. The average Bonchev–Trinajstić information content (AvgIpc) is 1.31. The zero-order valence-electron chi connectivity index (χ0n) is 2.97. The Morgan fingerprint density at radius 1 is 1.43 bits per heavy atom. The summed E-state index contributed by atoms with van der Waals surface area (Å²) in [7, 11) is -5.83. The number of hydrogen-bond acceptors (Lipinski definition) is 2. The monoisotopic (exact) mass is 114 g/mol. The van der Waals surface area contributed by atoms with Crippen molar-refractivity contribution in [2.75, 3.05) is 0 Å². The van der Waals surface area contributed by atoms with Gasteiger partial charge in [-0.2, -0.15) is 0 Å². The van der Waals surface area contributed by atoms with Gasteiger partial charge in [-0.3, -0.25) is 0 Å². The van der Waals surface area contributed by atoms with Gasteiger partial charge in [0.25, 0.3) is 0 Å². The summed E-state index contributed by atoms with van der Waals surface area (Å²) < 4.78 is 31.6. The predicted molar refractivity (Wildman–Crippen MR) is 16.1 cm³/mol. The molecule has 0 amide bonds. The Kier molecular flexibility index (Phi) is 1.25. The first-order chi connectivity index (χ1) is 2.94. The summed E-state index contributed by atoms with van der Waals surface area (Å²) in [5.41, 5.74) is 0. The van der Waals surface area contributed by atoms with E-state index in [0.29, 0.717) is 0 Å². The maximum atomic E-state index is 10.5. The maximum Gasteiger partial charge on any atom is 0.861 e. The molecular weight excluding hydrogens is 114 g/mol. The second-order valence-electron chi connectivity index (χ2n) is 0.826. The molecule has 0 aromatic carbocycles. The third-order valence-electron chi connectivity index (χ3n) is 0.239. The highest BCUT2D eigenvalue weighted by Gasteiger charge is 2.43. The third kappa shape index (κ3) is 2.02. The minimum absolute atomic E-state index is 2.25. The lowest BCUT2D eigenvalue weighted by Crippen LogP contribution is -2.27. The minimum Gasteiger partial charge on any atom is -0.375 e. The van der Waals surface area contributed by atoms with Crippen LogP contribution in [-0.4, -0.2) is 11.9 Å². The van der Waals surface area contributed by atoms with Crippen LogP contribution in [0.15, 0.2) is 0 Å². The van der Waals surface area contributed by atoms with Crippen LogP contribution in [-0.2, 0) is 0 Å². The number of nitrogens with zero attached hydrogens (tertiary/aromatic N) is 1. The summed E-state index contributed by atoms with van der Waals surface area (Å²) in [6.07, 6.45) is 0. The van der Waals surface area contributed by atoms with E-state index in [0.717, 1.165) is 0 Å². The van der Waals surface area contributed by atoms with E-state index in [9.17, 15) is 12.9 Å². The molecular formula is BF3NO2-. The van der Waals surface area contributed by atoms with Crippen molar-refractivity contribution < 1.29 is 17.8 Å². The molecule has 0 aliphatic rings. The molecule has 0 saturated heterocycles. The fourth-order valence-electron chi connectivity index (χ4n) is 0. The highest BCUT2D eigenvalue weighted by molar-refractivity contribution is 6.49. The van der Waals surface area contributed by atoms with Crippen molar-refractivity contribution in [3.8, 4) is 0 Å². The van der Waals surface area contributed by atoms with Gasteiger partial charge in [0.2, 0.25) is 0 Å². The second kappa shape index (κ2) is 1.40. The van der Waals surface area contributed by atoms with Gasteiger partial charge in [-0.05, 0) is 0 Å². The third-order valence-corrected chi connectivity index (χ3v) is 0.239. The normalized spacial score (nSPS) is 11.3. The summed E-state index contributed by atoms with van der Waals surface area (Å²) >= 11 is 0. The Labute approximate surface area is 36.4 Å². The molecule has 3 nitrogen and oxygen atoms in total. The number of halogens is 3. The van der Waals surface area contributed by atoms with Crippen molar-refractivity contribution in [3.63, 3.8) is 0 Å². The van der Waals surface area contributed by atoms with Crippen molar-refractivity contribution >= 4 is 7.11 Å². The first-order valence-corrected chi connectivity index (χ1v) is 1.28. The summed E-state index contributed by atoms with van der Waals surface area (Å²) in [4.78, 5) is 6.48. The van der Waals surface area contributed by atoms with Crippen LogP contribution < -0.4 is 0 Å². The zero-order valence-corrected chi connectivity index (χ0v) is 2.97. The first kappa shape index (κ1) is 6.25. The molecule has 0 radical (unpaired) electrons. The van der Waals surface area contributed by atoms with E-state index in [1.54, 1.807) is 0 Å². The van der Waals surface area contributed by atoms with Crippen molar-refractivity contribution in [1.29, 1.82) is 0 Å². The Hall–Kier alpha value is -0.745. The summed E-state index contributed by atoms with van der Waals surface area (Å²) in [5, 5.41) is 8.73. The second-order valence-corrected chi connectivity index (χ2v) is 0.826. The molecule has 0 unspecified atom stereocenters. The Morgan fingerprint density at radius 3 is 1.57 bits per heavy atom. The largest absolute Gasteiger partial charge is 0.861 e. The lowest BCUT2D eigenvalue weighted by molar-refractivity contribution is -0.381. The maximum absolute atomic E-state index is 10.5. The number of hydrogen-bond donors (Lipinski definition) is 0. The van der Waals surface area contributed by atoms with Gasteiger partial charge < -0.3 is 23.1 Å². The van der Waals surface area contributed by atoms with Gasteiger partial charge in [0, 0.05) is 0 Å². The smallest absolute Gasteiger partial charge is 0.375 e. The molecule has 0 aliphatic carbocycles.